The van der Waals surface area contributed by atoms with E-state index in [0.717, 1.165) is 25.0 Å². The Morgan fingerprint density at radius 1 is 1.64 bits per heavy atom. The van der Waals surface area contributed by atoms with E-state index in [-0.39, 0.29) is 12.1 Å². The summed E-state index contributed by atoms with van der Waals surface area (Å²) < 4.78 is 0. The molecule has 1 aliphatic rings. The van der Waals surface area contributed by atoms with Crippen molar-refractivity contribution in [2.45, 2.75) is 31.7 Å². The average Bonchev–Trinajstić information content (AvgIpc) is 1.86. The summed E-state index contributed by atoms with van der Waals surface area (Å²) in [5.74, 6) is 0. The molecule has 0 unspecified atom stereocenters. The van der Waals surface area contributed by atoms with E-state index in [0.29, 0.717) is 0 Å². The van der Waals surface area contributed by atoms with Gasteiger partial charge in [0.2, 0.25) is 0 Å². The fourth-order valence-corrected chi connectivity index (χ4v) is 1.33. The maximum Gasteiger partial charge on any atom is 0.0613 e. The predicted molar refractivity (Wildman–Crippen MR) is 46.5 cm³/mol. The first-order valence-electron chi connectivity index (χ1n) is 4.19. The van der Waals surface area contributed by atoms with Crippen molar-refractivity contribution in [3.8, 4) is 0 Å². The van der Waals surface area contributed by atoms with Crippen molar-refractivity contribution in [2.24, 2.45) is 0 Å². The molecule has 2 N–H and O–H groups in total. The molecular formula is C9H17NO. The molecule has 0 spiro atoms. The summed E-state index contributed by atoms with van der Waals surface area (Å²) in [6, 6.07) is 0. The molecule has 0 bridgehead atoms. The van der Waals surface area contributed by atoms with E-state index in [2.05, 4.69) is 11.9 Å². The van der Waals surface area contributed by atoms with Crippen LogP contribution in [-0.2, 0) is 0 Å². The van der Waals surface area contributed by atoms with Crippen LogP contribution in [0, 0.1) is 0 Å². The molecule has 0 saturated heterocycles. The molecule has 1 fully saturated rings. The first-order chi connectivity index (χ1) is 5.18. The van der Waals surface area contributed by atoms with Crippen molar-refractivity contribution in [1.82, 2.24) is 5.32 Å². The summed E-state index contributed by atoms with van der Waals surface area (Å²) in [5.41, 5.74) is 1.17. The second-order valence-electron chi connectivity index (χ2n) is 3.60. The molecular weight excluding hydrogens is 138 g/mol. The Morgan fingerprint density at radius 3 is 2.55 bits per heavy atom. The average molecular weight is 155 g/mol. The smallest absolute Gasteiger partial charge is 0.0613 e. The normalized spacial score (nSPS) is 20.9. The largest absolute Gasteiger partial charge is 0.394 e. The lowest BCUT2D eigenvalue weighted by Gasteiger charge is -2.41. The third-order valence-corrected chi connectivity index (χ3v) is 2.38. The van der Waals surface area contributed by atoms with Crippen LogP contribution in [0.2, 0.25) is 0 Å². The van der Waals surface area contributed by atoms with Gasteiger partial charge in [0.05, 0.1) is 6.61 Å². The van der Waals surface area contributed by atoms with Crippen molar-refractivity contribution >= 4 is 0 Å². The fourth-order valence-electron chi connectivity index (χ4n) is 1.33. The highest BCUT2D eigenvalue weighted by Crippen LogP contribution is 2.30. The van der Waals surface area contributed by atoms with Gasteiger partial charge in [0, 0.05) is 12.1 Å². The minimum absolute atomic E-state index is 0.0406. The Kier molecular flexibility index (Phi) is 2.68. The lowest BCUT2D eigenvalue weighted by atomic mass is 9.77. The van der Waals surface area contributed by atoms with Crippen LogP contribution in [0.25, 0.3) is 0 Å². The van der Waals surface area contributed by atoms with Crippen LogP contribution in [0.3, 0.4) is 0 Å². The molecule has 0 heterocycles. The van der Waals surface area contributed by atoms with E-state index in [4.69, 9.17) is 5.11 Å². The molecule has 0 atom stereocenters. The van der Waals surface area contributed by atoms with E-state index in [1.807, 2.05) is 6.92 Å². The first-order valence-corrected chi connectivity index (χ1v) is 4.19. The molecule has 2 nitrogen and oxygen atoms in total. The van der Waals surface area contributed by atoms with Gasteiger partial charge >= 0.3 is 0 Å². The van der Waals surface area contributed by atoms with Crippen LogP contribution >= 0.6 is 0 Å². The monoisotopic (exact) mass is 155 g/mol. The SMILES string of the molecule is C=C(C)CNC1(CO)CCC1. The zero-order valence-electron chi connectivity index (χ0n) is 7.19. The summed E-state index contributed by atoms with van der Waals surface area (Å²) in [5, 5.41) is 12.4. The van der Waals surface area contributed by atoms with Crippen LogP contribution in [-0.4, -0.2) is 23.8 Å². The van der Waals surface area contributed by atoms with Crippen molar-refractivity contribution in [1.29, 1.82) is 0 Å². The second-order valence-corrected chi connectivity index (χ2v) is 3.60. The van der Waals surface area contributed by atoms with Crippen molar-refractivity contribution in [2.75, 3.05) is 13.2 Å². The van der Waals surface area contributed by atoms with Gasteiger partial charge in [-0.15, -0.1) is 0 Å². The number of nitrogens with one attached hydrogen (secondary N) is 1. The van der Waals surface area contributed by atoms with Gasteiger partial charge in [-0.2, -0.15) is 0 Å². The van der Waals surface area contributed by atoms with Crippen LogP contribution in [0.15, 0.2) is 12.2 Å². The Bertz CT molecular complexity index is 144. The summed E-state index contributed by atoms with van der Waals surface area (Å²) in [4.78, 5) is 0. The molecule has 0 aromatic carbocycles. The third kappa shape index (κ3) is 2.04. The Morgan fingerprint density at radius 2 is 2.27 bits per heavy atom. The van der Waals surface area contributed by atoms with Gasteiger partial charge in [-0.25, -0.2) is 0 Å². The molecule has 0 aromatic rings. The summed E-state index contributed by atoms with van der Waals surface area (Å²) in [6.07, 6.45) is 3.46. The van der Waals surface area contributed by atoms with Crippen molar-refractivity contribution in [3.63, 3.8) is 0 Å². The summed E-state index contributed by atoms with van der Waals surface area (Å²) >= 11 is 0. The lowest BCUT2D eigenvalue weighted by Crippen LogP contribution is -2.54. The number of aliphatic hydroxyl groups excluding tert-OH is 1. The fraction of sp³-hybridized carbons (Fsp3) is 0.778. The molecule has 1 rings (SSSR count). The maximum atomic E-state index is 9.06. The number of aliphatic hydroxyl groups is 1. The molecule has 0 radical (unpaired) electrons. The van der Waals surface area contributed by atoms with Crippen molar-refractivity contribution in [3.05, 3.63) is 12.2 Å². The number of hydrogen-bond acceptors (Lipinski definition) is 2. The van der Waals surface area contributed by atoms with E-state index in [1.54, 1.807) is 0 Å². The summed E-state index contributed by atoms with van der Waals surface area (Å²) in [7, 11) is 0. The quantitative estimate of drug-likeness (QED) is 0.595. The molecule has 2 heteroatoms. The van der Waals surface area contributed by atoms with Crippen molar-refractivity contribution < 1.29 is 5.11 Å². The van der Waals surface area contributed by atoms with Gasteiger partial charge in [0.15, 0.2) is 0 Å². The van der Waals surface area contributed by atoms with Gasteiger partial charge in [0.25, 0.3) is 0 Å². The minimum atomic E-state index is 0.0406. The minimum Gasteiger partial charge on any atom is -0.394 e. The van der Waals surface area contributed by atoms with Gasteiger partial charge in [-0.3, -0.25) is 0 Å². The van der Waals surface area contributed by atoms with Gasteiger partial charge in [0.1, 0.15) is 0 Å². The van der Waals surface area contributed by atoms with E-state index < -0.39 is 0 Å². The van der Waals surface area contributed by atoms with Gasteiger partial charge in [-0.05, 0) is 26.2 Å². The standard InChI is InChI=1S/C9H17NO/c1-8(2)6-10-9(7-11)4-3-5-9/h10-11H,1,3-7H2,2H3. The lowest BCUT2D eigenvalue weighted by molar-refractivity contribution is 0.0919. The topological polar surface area (TPSA) is 32.3 Å². The second kappa shape index (κ2) is 3.37. The third-order valence-electron chi connectivity index (χ3n) is 2.38. The molecule has 0 aliphatic heterocycles. The van der Waals surface area contributed by atoms with Crippen LogP contribution in [0.1, 0.15) is 26.2 Å². The van der Waals surface area contributed by atoms with Gasteiger partial charge in [-0.1, -0.05) is 12.2 Å². The highest BCUT2D eigenvalue weighted by Gasteiger charge is 2.35. The highest BCUT2D eigenvalue weighted by atomic mass is 16.3. The van der Waals surface area contributed by atoms with Crippen LogP contribution in [0.4, 0.5) is 0 Å². The predicted octanol–water partition coefficient (Wildman–Crippen LogP) is 1.07. The van der Waals surface area contributed by atoms with Crippen LogP contribution < -0.4 is 5.32 Å². The van der Waals surface area contributed by atoms with E-state index >= 15 is 0 Å². The van der Waals surface area contributed by atoms with Gasteiger partial charge < -0.3 is 10.4 Å². The molecule has 11 heavy (non-hydrogen) atoms. The Labute approximate surface area is 68.3 Å². The Hall–Kier alpha value is -0.340. The van der Waals surface area contributed by atoms with Crippen LogP contribution in [0.5, 0.6) is 0 Å². The summed E-state index contributed by atoms with van der Waals surface area (Å²) in [6.45, 7) is 6.90. The highest BCUT2D eigenvalue weighted by molar-refractivity contribution is 5.00. The molecule has 1 aliphatic carbocycles. The molecule has 0 aromatic heterocycles. The molecule has 0 amide bonds. The first kappa shape index (κ1) is 8.75. The zero-order chi connectivity index (χ0) is 8.32. The Balaban J connectivity index is 2.27. The van der Waals surface area contributed by atoms with E-state index in [1.165, 1.54) is 6.42 Å². The molecule has 1 saturated carbocycles. The zero-order valence-corrected chi connectivity index (χ0v) is 7.19. The van der Waals surface area contributed by atoms with E-state index in [9.17, 15) is 0 Å². The maximum absolute atomic E-state index is 9.06. The number of rotatable bonds is 4. The molecule has 64 valence electrons. The number of hydrogen-bond donors (Lipinski definition) is 2.